The third-order valence-corrected chi connectivity index (χ3v) is 3.46. The second-order valence-electron chi connectivity index (χ2n) is 4.69. The summed E-state index contributed by atoms with van der Waals surface area (Å²) in [5.41, 5.74) is -0.338. The van der Waals surface area contributed by atoms with Crippen LogP contribution in [-0.4, -0.2) is 19.1 Å². The summed E-state index contributed by atoms with van der Waals surface area (Å²) in [7, 11) is 0. The van der Waals surface area contributed by atoms with Crippen LogP contribution in [0.3, 0.4) is 0 Å². The number of ether oxygens (including phenoxy) is 1. The van der Waals surface area contributed by atoms with E-state index in [-0.39, 0.29) is 5.69 Å². The first-order valence-corrected chi connectivity index (χ1v) is 6.15. The SMILES string of the molecule is Cc1cccc(F)c1NC(=O)C1(C#N)CCOCC1. The van der Waals surface area contributed by atoms with Gasteiger partial charge in [-0.1, -0.05) is 12.1 Å². The molecular formula is C14H15FN2O2. The third kappa shape index (κ3) is 2.59. The Kier molecular flexibility index (Phi) is 3.82. The van der Waals surface area contributed by atoms with Gasteiger partial charge >= 0.3 is 0 Å². The predicted octanol–water partition coefficient (Wildman–Crippen LogP) is 2.39. The Hall–Kier alpha value is -1.93. The number of nitrogens with zero attached hydrogens (tertiary/aromatic N) is 1. The largest absolute Gasteiger partial charge is 0.381 e. The normalized spacial score (nSPS) is 17.5. The highest BCUT2D eigenvalue weighted by atomic mass is 19.1. The molecular weight excluding hydrogens is 247 g/mol. The molecule has 0 bridgehead atoms. The minimum Gasteiger partial charge on any atom is -0.381 e. The zero-order valence-electron chi connectivity index (χ0n) is 10.7. The van der Waals surface area contributed by atoms with Crippen molar-refractivity contribution in [3.05, 3.63) is 29.6 Å². The molecule has 1 aliphatic rings. The van der Waals surface area contributed by atoms with Crippen LogP contribution < -0.4 is 5.32 Å². The number of benzene rings is 1. The van der Waals surface area contributed by atoms with Crippen LogP contribution in [0.5, 0.6) is 0 Å². The lowest BCUT2D eigenvalue weighted by Gasteiger charge is -2.29. The van der Waals surface area contributed by atoms with Gasteiger partial charge in [0.1, 0.15) is 11.2 Å². The Morgan fingerprint density at radius 3 is 2.74 bits per heavy atom. The number of para-hydroxylation sites is 1. The summed E-state index contributed by atoms with van der Waals surface area (Å²) in [5, 5.41) is 11.8. The van der Waals surface area contributed by atoms with Crippen molar-refractivity contribution in [3.63, 3.8) is 0 Å². The van der Waals surface area contributed by atoms with E-state index in [9.17, 15) is 14.4 Å². The highest BCUT2D eigenvalue weighted by Gasteiger charge is 2.40. The van der Waals surface area contributed by atoms with Gasteiger partial charge in [-0.05, 0) is 31.4 Å². The number of anilines is 1. The first-order chi connectivity index (χ1) is 9.09. The van der Waals surface area contributed by atoms with Gasteiger partial charge in [0.2, 0.25) is 5.91 Å². The molecule has 2 rings (SSSR count). The van der Waals surface area contributed by atoms with Crippen LogP contribution in [0.4, 0.5) is 10.1 Å². The smallest absolute Gasteiger partial charge is 0.245 e. The third-order valence-electron chi connectivity index (χ3n) is 3.46. The quantitative estimate of drug-likeness (QED) is 0.890. The number of carbonyl (C=O) groups excluding carboxylic acids is 1. The number of rotatable bonds is 2. The van der Waals surface area contributed by atoms with Gasteiger partial charge in [0.15, 0.2) is 0 Å². The number of aryl methyl sites for hydroxylation is 1. The molecule has 1 N–H and O–H groups in total. The van der Waals surface area contributed by atoms with Crippen molar-refractivity contribution in [3.8, 4) is 6.07 Å². The Labute approximate surface area is 111 Å². The van der Waals surface area contributed by atoms with Crippen molar-refractivity contribution in [2.24, 2.45) is 5.41 Å². The number of nitriles is 1. The molecule has 0 spiro atoms. The molecule has 1 aromatic carbocycles. The summed E-state index contributed by atoms with van der Waals surface area (Å²) in [6.45, 7) is 2.45. The van der Waals surface area contributed by atoms with E-state index >= 15 is 0 Å². The van der Waals surface area contributed by atoms with Crippen molar-refractivity contribution in [2.75, 3.05) is 18.5 Å². The Balaban J connectivity index is 2.23. The van der Waals surface area contributed by atoms with Gasteiger partial charge in [0, 0.05) is 13.2 Å². The van der Waals surface area contributed by atoms with E-state index in [1.807, 2.05) is 0 Å². The maximum atomic E-state index is 13.7. The average molecular weight is 262 g/mol. The van der Waals surface area contributed by atoms with E-state index in [0.717, 1.165) is 0 Å². The molecule has 0 aliphatic carbocycles. The second-order valence-corrected chi connectivity index (χ2v) is 4.69. The Morgan fingerprint density at radius 1 is 1.47 bits per heavy atom. The van der Waals surface area contributed by atoms with Crippen LogP contribution in [0.1, 0.15) is 18.4 Å². The second kappa shape index (κ2) is 5.37. The fourth-order valence-corrected chi connectivity index (χ4v) is 2.13. The number of halogens is 1. The predicted molar refractivity (Wildman–Crippen MR) is 67.9 cm³/mol. The van der Waals surface area contributed by atoms with Crippen LogP contribution in [0, 0.1) is 29.5 Å². The van der Waals surface area contributed by atoms with Gasteiger partial charge in [0.05, 0.1) is 11.8 Å². The summed E-state index contributed by atoms with van der Waals surface area (Å²) >= 11 is 0. The molecule has 0 radical (unpaired) electrons. The summed E-state index contributed by atoms with van der Waals surface area (Å²) in [5.74, 6) is -0.944. The first-order valence-electron chi connectivity index (χ1n) is 6.15. The Morgan fingerprint density at radius 2 is 2.16 bits per heavy atom. The lowest BCUT2D eigenvalue weighted by Crippen LogP contribution is -2.40. The minimum absolute atomic E-state index is 0.147. The fraction of sp³-hybridized carbons (Fsp3) is 0.429. The van der Waals surface area contributed by atoms with Gasteiger partial charge in [-0.3, -0.25) is 4.79 Å². The van der Waals surface area contributed by atoms with E-state index < -0.39 is 17.1 Å². The van der Waals surface area contributed by atoms with Gasteiger partial charge in [-0.2, -0.15) is 5.26 Å². The van der Waals surface area contributed by atoms with E-state index in [4.69, 9.17) is 4.74 Å². The van der Waals surface area contributed by atoms with Gasteiger partial charge < -0.3 is 10.1 Å². The zero-order valence-corrected chi connectivity index (χ0v) is 10.7. The summed E-state index contributed by atoms with van der Waals surface area (Å²) in [4.78, 5) is 12.3. The van der Waals surface area contributed by atoms with Crippen LogP contribution >= 0.6 is 0 Å². The molecule has 1 amide bonds. The standard InChI is InChI=1S/C14H15FN2O2/c1-10-3-2-4-11(15)12(10)17-13(18)14(9-16)5-7-19-8-6-14/h2-4H,5-8H2,1H3,(H,17,18). The minimum atomic E-state index is -1.12. The first kappa shape index (κ1) is 13.5. The lowest BCUT2D eigenvalue weighted by molar-refractivity contribution is -0.126. The number of nitrogens with one attached hydrogen (secondary N) is 1. The molecule has 100 valence electrons. The number of hydrogen-bond donors (Lipinski definition) is 1. The van der Waals surface area contributed by atoms with Crippen LogP contribution in [0.25, 0.3) is 0 Å². The van der Waals surface area contributed by atoms with E-state index in [1.165, 1.54) is 6.07 Å². The van der Waals surface area contributed by atoms with Crippen LogP contribution in [-0.2, 0) is 9.53 Å². The highest BCUT2D eigenvalue weighted by molar-refractivity contribution is 5.97. The zero-order chi connectivity index (χ0) is 13.9. The van der Waals surface area contributed by atoms with Crippen LogP contribution in [0.15, 0.2) is 18.2 Å². The molecule has 0 atom stereocenters. The van der Waals surface area contributed by atoms with Crippen molar-refractivity contribution in [1.82, 2.24) is 0 Å². The maximum Gasteiger partial charge on any atom is 0.245 e. The van der Waals surface area contributed by atoms with Crippen molar-refractivity contribution >= 4 is 11.6 Å². The average Bonchev–Trinajstić information content (AvgIpc) is 2.43. The molecule has 1 aromatic rings. The molecule has 1 heterocycles. The van der Waals surface area contributed by atoms with Gasteiger partial charge in [0.25, 0.3) is 0 Å². The van der Waals surface area contributed by atoms with Crippen molar-refractivity contribution in [2.45, 2.75) is 19.8 Å². The lowest BCUT2D eigenvalue weighted by atomic mass is 9.81. The summed E-state index contributed by atoms with van der Waals surface area (Å²) in [6.07, 6.45) is 0.672. The molecule has 19 heavy (non-hydrogen) atoms. The molecule has 1 saturated heterocycles. The molecule has 5 heteroatoms. The van der Waals surface area contributed by atoms with Gasteiger partial charge in [-0.15, -0.1) is 0 Å². The molecule has 1 aliphatic heterocycles. The van der Waals surface area contributed by atoms with E-state index in [1.54, 1.807) is 19.1 Å². The van der Waals surface area contributed by atoms with E-state index in [0.29, 0.717) is 31.6 Å². The molecule has 0 saturated carbocycles. The highest BCUT2D eigenvalue weighted by Crippen LogP contribution is 2.32. The molecule has 0 unspecified atom stereocenters. The van der Waals surface area contributed by atoms with Crippen LogP contribution in [0.2, 0.25) is 0 Å². The monoisotopic (exact) mass is 262 g/mol. The molecule has 0 aromatic heterocycles. The fourth-order valence-electron chi connectivity index (χ4n) is 2.13. The van der Waals surface area contributed by atoms with E-state index in [2.05, 4.69) is 11.4 Å². The number of carbonyl (C=O) groups is 1. The molecule has 4 nitrogen and oxygen atoms in total. The summed E-state index contributed by atoms with van der Waals surface area (Å²) in [6, 6.07) is 6.63. The number of amides is 1. The maximum absolute atomic E-state index is 13.7. The number of hydrogen-bond acceptors (Lipinski definition) is 3. The van der Waals surface area contributed by atoms with Crippen molar-refractivity contribution < 1.29 is 13.9 Å². The van der Waals surface area contributed by atoms with Gasteiger partial charge in [-0.25, -0.2) is 4.39 Å². The topological polar surface area (TPSA) is 62.1 Å². The Bertz CT molecular complexity index is 510. The molecule has 1 fully saturated rings. The summed E-state index contributed by atoms with van der Waals surface area (Å²) < 4.78 is 18.9. The van der Waals surface area contributed by atoms with Crippen molar-refractivity contribution in [1.29, 1.82) is 5.26 Å².